The van der Waals surface area contributed by atoms with Crippen LogP contribution < -0.4 is 15.3 Å². The number of rotatable bonds is 5. The predicted octanol–water partition coefficient (Wildman–Crippen LogP) is 0.894. The van der Waals surface area contributed by atoms with Gasteiger partial charge in [-0.05, 0) is 31.6 Å². The largest absolute Gasteiger partial charge is 0.476 e. The Morgan fingerprint density at radius 2 is 2.17 bits per heavy atom. The lowest BCUT2D eigenvalue weighted by atomic mass is 10.2. The van der Waals surface area contributed by atoms with Gasteiger partial charge in [0.1, 0.15) is 10.9 Å². The van der Waals surface area contributed by atoms with Crippen LogP contribution in [0.4, 0.5) is 5.95 Å². The molecule has 124 valence electrons. The van der Waals surface area contributed by atoms with Crippen molar-refractivity contribution >= 4 is 27.6 Å². The quantitative estimate of drug-likeness (QED) is 0.832. The molecule has 2 aliphatic rings. The van der Waals surface area contributed by atoms with Gasteiger partial charge in [-0.3, -0.25) is 9.36 Å². The average molecular weight is 338 g/mol. The van der Waals surface area contributed by atoms with Crippen molar-refractivity contribution in [3.63, 3.8) is 0 Å². The molecule has 0 aromatic carbocycles. The predicted molar refractivity (Wildman–Crippen MR) is 84.5 cm³/mol. The molecule has 1 saturated carbocycles. The maximum atomic E-state index is 12.4. The smallest absolute Gasteiger partial charge is 0.311 e. The van der Waals surface area contributed by atoms with Crippen molar-refractivity contribution in [3.8, 4) is 5.88 Å². The van der Waals surface area contributed by atoms with Crippen LogP contribution in [0.15, 0.2) is 4.79 Å². The molecule has 0 amide bonds. The number of nitrogen functional groups attached to an aromatic ring is 1. The number of thiazole rings is 1. The Morgan fingerprint density at radius 1 is 1.35 bits per heavy atom. The Kier molecular flexibility index (Phi) is 3.70. The lowest BCUT2D eigenvalue weighted by Gasteiger charge is -2.13. The number of nitrogens with zero attached hydrogens (tertiary/aromatic N) is 3. The zero-order chi connectivity index (χ0) is 16.0. The molecular weight excluding hydrogens is 320 g/mol. The lowest BCUT2D eigenvalue weighted by molar-refractivity contribution is -0.0214. The molecule has 2 aromatic heterocycles. The number of ether oxygens (including phenoxy) is 2. The van der Waals surface area contributed by atoms with Crippen molar-refractivity contribution in [2.45, 2.75) is 38.0 Å². The number of aliphatic hydroxyl groups is 1. The van der Waals surface area contributed by atoms with Crippen LogP contribution >= 0.6 is 11.3 Å². The van der Waals surface area contributed by atoms with Gasteiger partial charge in [0, 0.05) is 0 Å². The summed E-state index contributed by atoms with van der Waals surface area (Å²) in [5, 5.41) is 9.20. The number of aliphatic hydroxyl groups excluding tert-OH is 1. The van der Waals surface area contributed by atoms with Crippen LogP contribution in [-0.4, -0.2) is 39.0 Å². The Labute approximate surface area is 135 Å². The fourth-order valence-electron chi connectivity index (χ4n) is 2.75. The van der Waals surface area contributed by atoms with Crippen LogP contribution in [0.2, 0.25) is 0 Å². The van der Waals surface area contributed by atoms with Crippen LogP contribution in [0.3, 0.4) is 0 Å². The number of hydrogen-bond acceptors (Lipinski definition) is 8. The third-order valence-electron chi connectivity index (χ3n) is 4.18. The number of hydrogen-bond donors (Lipinski definition) is 2. The molecule has 3 heterocycles. The zero-order valence-electron chi connectivity index (χ0n) is 12.5. The second-order valence-electron chi connectivity index (χ2n) is 6.00. The van der Waals surface area contributed by atoms with E-state index in [0.29, 0.717) is 41.6 Å². The van der Waals surface area contributed by atoms with E-state index in [2.05, 4.69) is 9.97 Å². The Hall–Kier alpha value is -1.71. The molecule has 4 rings (SSSR count). The summed E-state index contributed by atoms with van der Waals surface area (Å²) in [7, 11) is 0. The number of anilines is 1. The van der Waals surface area contributed by atoms with E-state index >= 15 is 0 Å². The molecule has 8 nitrogen and oxygen atoms in total. The van der Waals surface area contributed by atoms with E-state index in [1.54, 1.807) is 0 Å². The highest BCUT2D eigenvalue weighted by Crippen LogP contribution is 2.35. The van der Waals surface area contributed by atoms with Crippen molar-refractivity contribution < 1.29 is 14.6 Å². The summed E-state index contributed by atoms with van der Waals surface area (Å²) in [4.78, 5) is 20.6. The molecule has 3 N–H and O–H groups in total. The fourth-order valence-corrected chi connectivity index (χ4v) is 3.66. The Bertz CT molecular complexity index is 785. The maximum absolute atomic E-state index is 12.4. The van der Waals surface area contributed by atoms with E-state index in [1.807, 2.05) is 0 Å². The van der Waals surface area contributed by atoms with E-state index < -0.39 is 6.23 Å². The van der Waals surface area contributed by atoms with E-state index in [0.717, 1.165) is 11.3 Å². The molecule has 0 bridgehead atoms. The van der Waals surface area contributed by atoms with E-state index in [-0.39, 0.29) is 23.5 Å². The highest BCUT2D eigenvalue weighted by molar-refractivity contribution is 7.16. The molecule has 0 spiro atoms. The molecule has 9 heteroatoms. The second-order valence-corrected chi connectivity index (χ2v) is 6.97. The monoisotopic (exact) mass is 338 g/mol. The van der Waals surface area contributed by atoms with Gasteiger partial charge >= 0.3 is 4.87 Å². The molecule has 2 aromatic rings. The summed E-state index contributed by atoms with van der Waals surface area (Å²) < 4.78 is 13.5. The molecule has 1 aliphatic heterocycles. The maximum Gasteiger partial charge on any atom is 0.311 e. The first-order valence-electron chi connectivity index (χ1n) is 7.73. The van der Waals surface area contributed by atoms with Crippen LogP contribution in [0.1, 0.15) is 31.9 Å². The Morgan fingerprint density at radius 3 is 2.87 bits per heavy atom. The van der Waals surface area contributed by atoms with Crippen molar-refractivity contribution in [2.24, 2.45) is 5.92 Å². The van der Waals surface area contributed by atoms with E-state index in [4.69, 9.17) is 15.2 Å². The van der Waals surface area contributed by atoms with Gasteiger partial charge in [0.25, 0.3) is 0 Å². The number of aromatic nitrogens is 3. The van der Waals surface area contributed by atoms with Gasteiger partial charge < -0.3 is 20.3 Å². The van der Waals surface area contributed by atoms with Gasteiger partial charge in [-0.15, -0.1) is 0 Å². The summed E-state index contributed by atoms with van der Waals surface area (Å²) >= 11 is 1.04. The topological polar surface area (TPSA) is 112 Å². The zero-order valence-corrected chi connectivity index (χ0v) is 13.3. The van der Waals surface area contributed by atoms with Crippen LogP contribution in [-0.2, 0) is 4.74 Å². The summed E-state index contributed by atoms with van der Waals surface area (Å²) in [6.45, 7) is 0.532. The van der Waals surface area contributed by atoms with Gasteiger partial charge in [-0.25, -0.2) is 0 Å². The van der Waals surface area contributed by atoms with Gasteiger partial charge in [0.2, 0.25) is 11.8 Å². The summed E-state index contributed by atoms with van der Waals surface area (Å²) in [5.74, 6) is 1.02. The molecule has 2 atom stereocenters. The van der Waals surface area contributed by atoms with Crippen molar-refractivity contribution in [1.82, 2.24) is 14.5 Å². The number of nitrogens with two attached hydrogens (primary N) is 1. The molecule has 23 heavy (non-hydrogen) atoms. The highest BCUT2D eigenvalue weighted by Gasteiger charge is 2.30. The second kappa shape index (κ2) is 5.73. The summed E-state index contributed by atoms with van der Waals surface area (Å²) in [5.41, 5.74) is 6.23. The third-order valence-corrected chi connectivity index (χ3v) is 5.11. The average Bonchev–Trinajstić information content (AvgIpc) is 3.14. The lowest BCUT2D eigenvalue weighted by Crippen LogP contribution is -2.21. The van der Waals surface area contributed by atoms with Crippen molar-refractivity contribution in [1.29, 1.82) is 0 Å². The van der Waals surface area contributed by atoms with Gasteiger partial charge in [-0.1, -0.05) is 11.3 Å². The standard InChI is InChI=1S/C14H18N4O4S/c15-13-16-11-10(12(17-13)21-6-7-1-2-7)23-14(20)18(11)9-4-3-8(5-19)22-9/h7-9,19H,1-6H2,(H2,15,16,17)/t8-,9+/m0/s1. The van der Waals surface area contributed by atoms with Crippen LogP contribution in [0, 0.1) is 5.92 Å². The minimum Gasteiger partial charge on any atom is -0.476 e. The van der Waals surface area contributed by atoms with E-state index in [9.17, 15) is 9.90 Å². The molecule has 1 saturated heterocycles. The van der Waals surface area contributed by atoms with Gasteiger partial charge in [-0.2, -0.15) is 9.97 Å². The summed E-state index contributed by atoms with van der Waals surface area (Å²) in [6, 6.07) is 0. The molecular formula is C14H18N4O4S. The normalized spacial score (nSPS) is 24.4. The first-order valence-corrected chi connectivity index (χ1v) is 8.55. The van der Waals surface area contributed by atoms with Crippen molar-refractivity contribution in [2.75, 3.05) is 18.9 Å². The summed E-state index contributed by atoms with van der Waals surface area (Å²) in [6.07, 6.45) is 3.01. The molecule has 0 unspecified atom stereocenters. The first-order chi connectivity index (χ1) is 11.2. The van der Waals surface area contributed by atoms with Crippen LogP contribution in [0.25, 0.3) is 10.3 Å². The minimum atomic E-state index is -0.431. The fraction of sp³-hybridized carbons (Fsp3) is 0.643. The van der Waals surface area contributed by atoms with Gasteiger partial charge in [0.05, 0.1) is 19.3 Å². The third kappa shape index (κ3) is 2.79. The molecule has 2 fully saturated rings. The van der Waals surface area contributed by atoms with E-state index in [1.165, 1.54) is 17.4 Å². The first kappa shape index (κ1) is 14.9. The number of fused-ring (bicyclic) bond motifs is 1. The highest BCUT2D eigenvalue weighted by atomic mass is 32.1. The van der Waals surface area contributed by atoms with Crippen LogP contribution in [0.5, 0.6) is 5.88 Å². The van der Waals surface area contributed by atoms with Gasteiger partial charge in [0.15, 0.2) is 5.65 Å². The Balaban J connectivity index is 1.73. The SMILES string of the molecule is Nc1nc(OCC2CC2)c2sc(=O)n([C@H]3CC[C@@H](CO)O3)c2n1. The van der Waals surface area contributed by atoms with Crippen molar-refractivity contribution in [3.05, 3.63) is 9.67 Å². The molecule has 1 aliphatic carbocycles. The molecule has 0 radical (unpaired) electrons. The minimum absolute atomic E-state index is 0.0554.